The first-order valence-electron chi connectivity index (χ1n) is 7.09. The number of carbonyl (C=O) groups excluding carboxylic acids is 1. The number of rotatable bonds is 3. The largest absolute Gasteiger partial charge is 0.455 e. The lowest BCUT2D eigenvalue weighted by atomic mass is 9.65. The van der Waals surface area contributed by atoms with Crippen LogP contribution in [0.25, 0.3) is 0 Å². The third kappa shape index (κ3) is 1.50. The molecule has 0 amide bonds. The highest BCUT2D eigenvalue weighted by molar-refractivity contribution is 5.88. The van der Waals surface area contributed by atoms with Crippen LogP contribution in [0.3, 0.4) is 0 Å². The Bertz CT molecular complexity index is 396. The molecule has 0 aliphatic heterocycles. The van der Waals surface area contributed by atoms with Gasteiger partial charge in [-0.15, -0.1) is 0 Å². The van der Waals surface area contributed by atoms with Gasteiger partial charge in [-0.05, 0) is 43.9 Å². The van der Waals surface area contributed by atoms with Gasteiger partial charge in [0.05, 0.1) is 0 Å². The normalized spacial score (nSPS) is 40.8. The van der Waals surface area contributed by atoms with Crippen molar-refractivity contribution in [1.82, 2.24) is 0 Å². The molecule has 3 atom stereocenters. The van der Waals surface area contributed by atoms with Crippen molar-refractivity contribution in [2.75, 3.05) is 0 Å². The first-order valence-corrected chi connectivity index (χ1v) is 7.09. The van der Waals surface area contributed by atoms with Crippen molar-refractivity contribution in [3.05, 3.63) is 12.2 Å². The number of hydrogen-bond acceptors (Lipinski definition) is 2. The second-order valence-electron chi connectivity index (χ2n) is 7.07. The molecule has 2 rings (SSSR count). The fourth-order valence-corrected chi connectivity index (χ4v) is 4.17. The molecule has 0 aromatic heterocycles. The molecule has 0 spiro atoms. The number of carbonyl (C=O) groups is 1. The lowest BCUT2D eigenvalue weighted by Crippen LogP contribution is -2.48. The van der Waals surface area contributed by atoms with E-state index in [9.17, 15) is 4.79 Å². The van der Waals surface area contributed by atoms with Crippen molar-refractivity contribution in [1.29, 1.82) is 0 Å². The molecule has 2 bridgehead atoms. The van der Waals surface area contributed by atoms with Gasteiger partial charge in [0.25, 0.3) is 0 Å². The summed E-state index contributed by atoms with van der Waals surface area (Å²) >= 11 is 0. The Morgan fingerprint density at radius 1 is 1.33 bits per heavy atom. The number of fused-ring (bicyclic) bond motifs is 2. The average Bonchev–Trinajstić information content (AvgIpc) is 2.59. The van der Waals surface area contributed by atoms with E-state index in [-0.39, 0.29) is 22.4 Å². The van der Waals surface area contributed by atoms with Crippen LogP contribution in [0.1, 0.15) is 60.3 Å². The number of hydrogen-bond donors (Lipinski definition) is 0. The molecule has 102 valence electrons. The van der Waals surface area contributed by atoms with Gasteiger partial charge in [0.15, 0.2) is 0 Å². The van der Waals surface area contributed by atoms with Crippen LogP contribution in [0, 0.1) is 16.7 Å². The first kappa shape index (κ1) is 13.6. The van der Waals surface area contributed by atoms with Gasteiger partial charge in [0.1, 0.15) is 5.60 Å². The molecule has 0 N–H and O–H groups in total. The van der Waals surface area contributed by atoms with Crippen LogP contribution in [-0.2, 0) is 9.53 Å². The van der Waals surface area contributed by atoms with Crippen LogP contribution in [0.2, 0.25) is 0 Å². The fourth-order valence-electron chi connectivity index (χ4n) is 4.17. The highest BCUT2D eigenvalue weighted by Gasteiger charge is 2.68. The highest BCUT2D eigenvalue weighted by atomic mass is 16.6. The van der Waals surface area contributed by atoms with Crippen LogP contribution < -0.4 is 0 Å². The maximum atomic E-state index is 12.0. The van der Waals surface area contributed by atoms with Gasteiger partial charge in [0, 0.05) is 11.0 Å². The maximum absolute atomic E-state index is 12.0. The zero-order chi connectivity index (χ0) is 13.8. The Kier molecular flexibility index (Phi) is 2.92. The molecule has 18 heavy (non-hydrogen) atoms. The van der Waals surface area contributed by atoms with Gasteiger partial charge < -0.3 is 4.74 Å². The Morgan fingerprint density at radius 2 is 1.94 bits per heavy atom. The van der Waals surface area contributed by atoms with Crippen molar-refractivity contribution in [2.45, 2.75) is 65.9 Å². The van der Waals surface area contributed by atoms with Gasteiger partial charge >= 0.3 is 5.97 Å². The van der Waals surface area contributed by atoms with Gasteiger partial charge in [-0.1, -0.05) is 34.3 Å². The minimum Gasteiger partial charge on any atom is -0.455 e. The van der Waals surface area contributed by atoms with Crippen molar-refractivity contribution in [2.24, 2.45) is 16.7 Å². The van der Waals surface area contributed by atoms with Crippen molar-refractivity contribution in [3.63, 3.8) is 0 Å². The van der Waals surface area contributed by atoms with Gasteiger partial charge in [-0.25, -0.2) is 4.79 Å². The molecule has 2 nitrogen and oxygen atoms in total. The SMILES string of the molecule is C=C(CC)C(=O)OC1(C)CC2CCC1(C)C2(C)C. The molecule has 2 aliphatic carbocycles. The van der Waals surface area contributed by atoms with E-state index >= 15 is 0 Å². The van der Waals surface area contributed by atoms with Crippen molar-refractivity contribution >= 4 is 5.97 Å². The van der Waals surface area contributed by atoms with Gasteiger partial charge in [-0.3, -0.25) is 0 Å². The molecule has 2 fully saturated rings. The van der Waals surface area contributed by atoms with Crippen LogP contribution >= 0.6 is 0 Å². The zero-order valence-corrected chi connectivity index (χ0v) is 12.4. The van der Waals surface area contributed by atoms with Crippen LogP contribution in [0.15, 0.2) is 12.2 Å². The molecule has 3 unspecified atom stereocenters. The predicted molar refractivity (Wildman–Crippen MR) is 73.2 cm³/mol. The van der Waals surface area contributed by atoms with E-state index in [2.05, 4.69) is 34.3 Å². The maximum Gasteiger partial charge on any atom is 0.333 e. The van der Waals surface area contributed by atoms with E-state index in [1.165, 1.54) is 6.42 Å². The second kappa shape index (κ2) is 3.85. The van der Waals surface area contributed by atoms with E-state index < -0.39 is 0 Å². The summed E-state index contributed by atoms with van der Waals surface area (Å²) in [6.45, 7) is 14.8. The Hall–Kier alpha value is -0.790. The van der Waals surface area contributed by atoms with Gasteiger partial charge in [-0.2, -0.15) is 0 Å². The Labute approximate surface area is 111 Å². The van der Waals surface area contributed by atoms with Crippen LogP contribution in [-0.4, -0.2) is 11.6 Å². The summed E-state index contributed by atoms with van der Waals surface area (Å²) in [5, 5.41) is 0. The van der Waals surface area contributed by atoms with Gasteiger partial charge in [0.2, 0.25) is 0 Å². The molecule has 2 saturated carbocycles. The smallest absolute Gasteiger partial charge is 0.333 e. The van der Waals surface area contributed by atoms with E-state index in [1.807, 2.05) is 6.92 Å². The quantitative estimate of drug-likeness (QED) is 0.557. The number of esters is 1. The van der Waals surface area contributed by atoms with E-state index in [4.69, 9.17) is 4.74 Å². The van der Waals surface area contributed by atoms with Crippen LogP contribution in [0.5, 0.6) is 0 Å². The Morgan fingerprint density at radius 3 is 2.33 bits per heavy atom. The van der Waals surface area contributed by atoms with Crippen LogP contribution in [0.4, 0.5) is 0 Å². The third-order valence-corrected chi connectivity index (χ3v) is 6.27. The molecule has 0 aromatic rings. The average molecular weight is 250 g/mol. The summed E-state index contributed by atoms with van der Waals surface area (Å²) in [7, 11) is 0. The molecular formula is C16H26O2. The minimum absolute atomic E-state index is 0.0916. The molecule has 2 heteroatoms. The monoisotopic (exact) mass is 250 g/mol. The van der Waals surface area contributed by atoms with Crippen molar-refractivity contribution in [3.8, 4) is 0 Å². The third-order valence-electron chi connectivity index (χ3n) is 6.27. The summed E-state index contributed by atoms with van der Waals surface area (Å²) in [4.78, 5) is 12.0. The Balaban J connectivity index is 2.24. The standard InChI is InChI=1S/C16H26O2/c1-7-11(2)13(17)18-16(6)10-12-8-9-15(16,5)14(12,3)4/h12H,2,7-10H2,1,3-6H3. The summed E-state index contributed by atoms with van der Waals surface area (Å²) in [5.74, 6) is 0.472. The molecule has 0 heterocycles. The zero-order valence-electron chi connectivity index (χ0n) is 12.4. The van der Waals surface area contributed by atoms with Crippen molar-refractivity contribution < 1.29 is 9.53 Å². The lowest BCUT2D eigenvalue weighted by Gasteiger charge is -2.45. The molecule has 0 saturated heterocycles. The molecular weight excluding hydrogens is 224 g/mol. The minimum atomic E-state index is -0.325. The predicted octanol–water partition coefficient (Wildman–Crippen LogP) is 4.10. The highest BCUT2D eigenvalue weighted by Crippen LogP contribution is 2.70. The molecule has 0 aromatic carbocycles. The van der Waals surface area contributed by atoms with E-state index in [0.29, 0.717) is 17.9 Å². The summed E-state index contributed by atoms with van der Waals surface area (Å²) < 4.78 is 5.89. The summed E-state index contributed by atoms with van der Waals surface area (Å²) in [6.07, 6.45) is 4.09. The number of ether oxygens (including phenoxy) is 1. The van der Waals surface area contributed by atoms with E-state index in [1.54, 1.807) is 0 Å². The first-order chi connectivity index (χ1) is 8.18. The fraction of sp³-hybridized carbons (Fsp3) is 0.812. The lowest BCUT2D eigenvalue weighted by molar-refractivity contribution is -0.170. The molecule has 0 radical (unpaired) electrons. The topological polar surface area (TPSA) is 26.3 Å². The summed E-state index contributed by atoms with van der Waals surface area (Å²) in [6, 6.07) is 0. The van der Waals surface area contributed by atoms with E-state index in [0.717, 1.165) is 12.8 Å². The second-order valence-corrected chi connectivity index (χ2v) is 7.07. The molecule has 2 aliphatic rings. The summed E-state index contributed by atoms with van der Waals surface area (Å²) in [5.41, 5.74) is 0.610.